The van der Waals surface area contributed by atoms with E-state index >= 15 is 0 Å². The molecule has 1 aromatic heterocycles. The molecule has 1 aromatic carbocycles. The van der Waals surface area contributed by atoms with Crippen LogP contribution in [0.25, 0.3) is 5.69 Å². The Bertz CT molecular complexity index is 1010. The predicted octanol–water partition coefficient (Wildman–Crippen LogP) is 2.15. The quantitative estimate of drug-likeness (QED) is 0.834. The summed E-state index contributed by atoms with van der Waals surface area (Å²) in [6, 6.07) is 9.12. The van der Waals surface area contributed by atoms with Crippen LogP contribution >= 0.6 is 0 Å². The van der Waals surface area contributed by atoms with Crippen molar-refractivity contribution in [3.8, 4) is 11.4 Å². The van der Waals surface area contributed by atoms with Crippen LogP contribution in [-0.2, 0) is 9.84 Å². The monoisotopic (exact) mass is 406 g/mol. The van der Waals surface area contributed by atoms with Gasteiger partial charge in [0, 0.05) is 43.7 Å². The molecule has 9 heteroatoms. The molecule has 3 rings (SSSR count). The Morgan fingerprint density at radius 1 is 1.14 bits per heavy atom. The predicted molar refractivity (Wildman–Crippen MR) is 103 cm³/mol. The standard InChI is InChI=1S/C19H22N2O6S/c1-28(25,26)17-6-4-14(5-7-17)21-12-9-16(13-18(21)22)27-15-3-2-10-20(11-8-15)19(23)24/h4-7,9,12-13,15H,2-3,8,10-11H2,1H3,(H,23,24). The topological polar surface area (TPSA) is 106 Å². The van der Waals surface area contributed by atoms with Crippen molar-refractivity contribution < 1.29 is 23.1 Å². The van der Waals surface area contributed by atoms with E-state index in [2.05, 4.69) is 0 Å². The van der Waals surface area contributed by atoms with Crippen molar-refractivity contribution in [3.63, 3.8) is 0 Å². The summed E-state index contributed by atoms with van der Waals surface area (Å²) in [7, 11) is -3.29. The summed E-state index contributed by atoms with van der Waals surface area (Å²) < 4.78 is 30.4. The lowest BCUT2D eigenvalue weighted by Crippen LogP contribution is -2.31. The molecule has 1 unspecified atom stereocenters. The fourth-order valence-corrected chi connectivity index (χ4v) is 3.80. The van der Waals surface area contributed by atoms with E-state index in [1.807, 2.05) is 0 Å². The maximum atomic E-state index is 12.5. The first-order valence-electron chi connectivity index (χ1n) is 8.92. The van der Waals surface area contributed by atoms with Gasteiger partial charge >= 0.3 is 6.09 Å². The molecule has 1 amide bonds. The van der Waals surface area contributed by atoms with E-state index in [9.17, 15) is 18.0 Å². The molecule has 0 bridgehead atoms. The minimum absolute atomic E-state index is 0.145. The van der Waals surface area contributed by atoms with Crippen molar-refractivity contribution in [2.45, 2.75) is 30.3 Å². The average molecular weight is 406 g/mol. The van der Waals surface area contributed by atoms with Crippen molar-refractivity contribution in [2.75, 3.05) is 19.3 Å². The molecular weight excluding hydrogens is 384 g/mol. The van der Waals surface area contributed by atoms with Crippen LogP contribution in [0.5, 0.6) is 5.75 Å². The number of carbonyl (C=O) groups is 1. The van der Waals surface area contributed by atoms with Crippen molar-refractivity contribution in [1.29, 1.82) is 0 Å². The van der Waals surface area contributed by atoms with E-state index in [0.29, 0.717) is 37.4 Å². The zero-order valence-electron chi connectivity index (χ0n) is 15.4. The van der Waals surface area contributed by atoms with E-state index < -0.39 is 15.9 Å². The Labute approximate surface area is 162 Å². The molecule has 150 valence electrons. The van der Waals surface area contributed by atoms with Crippen LogP contribution in [0.3, 0.4) is 0 Å². The third-order valence-corrected chi connectivity index (χ3v) is 5.81. The molecule has 1 N–H and O–H groups in total. The first kappa shape index (κ1) is 19.9. The van der Waals surface area contributed by atoms with E-state index in [0.717, 1.165) is 12.7 Å². The maximum absolute atomic E-state index is 12.5. The van der Waals surface area contributed by atoms with Gasteiger partial charge in [-0.3, -0.25) is 9.36 Å². The van der Waals surface area contributed by atoms with Crippen molar-refractivity contribution in [2.24, 2.45) is 0 Å². The summed E-state index contributed by atoms with van der Waals surface area (Å²) in [5.74, 6) is 0.433. The molecule has 1 aliphatic rings. The summed E-state index contributed by atoms with van der Waals surface area (Å²) >= 11 is 0. The van der Waals surface area contributed by atoms with Crippen LogP contribution in [0.2, 0.25) is 0 Å². The Morgan fingerprint density at radius 2 is 1.86 bits per heavy atom. The second-order valence-electron chi connectivity index (χ2n) is 6.78. The number of benzene rings is 1. The zero-order valence-corrected chi connectivity index (χ0v) is 16.3. The molecule has 2 heterocycles. The van der Waals surface area contributed by atoms with Gasteiger partial charge in [-0.1, -0.05) is 0 Å². The normalized spacial score (nSPS) is 17.8. The number of pyridine rings is 1. The summed E-state index contributed by atoms with van der Waals surface area (Å²) in [4.78, 5) is 25.1. The molecule has 0 radical (unpaired) electrons. The van der Waals surface area contributed by atoms with E-state index in [-0.39, 0.29) is 16.6 Å². The van der Waals surface area contributed by atoms with Crippen LogP contribution in [-0.4, -0.2) is 54.5 Å². The van der Waals surface area contributed by atoms with Gasteiger partial charge in [0.25, 0.3) is 5.56 Å². The summed E-state index contributed by atoms with van der Waals surface area (Å²) in [5.41, 5.74) is 0.251. The van der Waals surface area contributed by atoms with Crippen LogP contribution < -0.4 is 10.3 Å². The molecule has 0 spiro atoms. The van der Waals surface area contributed by atoms with Crippen LogP contribution in [0.1, 0.15) is 19.3 Å². The SMILES string of the molecule is CS(=O)(=O)c1ccc(-n2ccc(OC3CCCN(C(=O)O)CC3)cc2=O)cc1. The molecule has 8 nitrogen and oxygen atoms in total. The van der Waals surface area contributed by atoms with Gasteiger partial charge in [0.2, 0.25) is 0 Å². The molecular formula is C19H22N2O6S. The number of sulfone groups is 1. The lowest BCUT2D eigenvalue weighted by molar-refractivity contribution is 0.142. The van der Waals surface area contributed by atoms with Crippen molar-refractivity contribution >= 4 is 15.9 Å². The fraction of sp³-hybridized carbons (Fsp3) is 0.368. The molecule has 2 aromatic rings. The van der Waals surface area contributed by atoms with Gasteiger partial charge in [-0.2, -0.15) is 0 Å². The number of rotatable bonds is 4. The molecule has 1 aliphatic heterocycles. The Kier molecular flexibility index (Phi) is 5.73. The van der Waals surface area contributed by atoms with Gasteiger partial charge in [0.15, 0.2) is 9.84 Å². The Hall–Kier alpha value is -2.81. The smallest absolute Gasteiger partial charge is 0.407 e. The van der Waals surface area contributed by atoms with Gasteiger partial charge in [-0.15, -0.1) is 0 Å². The molecule has 28 heavy (non-hydrogen) atoms. The second-order valence-corrected chi connectivity index (χ2v) is 8.79. The average Bonchev–Trinajstić information content (AvgIpc) is 2.87. The highest BCUT2D eigenvalue weighted by molar-refractivity contribution is 7.90. The van der Waals surface area contributed by atoms with Crippen LogP contribution in [0, 0.1) is 0 Å². The number of amides is 1. The van der Waals surface area contributed by atoms with Gasteiger partial charge < -0.3 is 14.7 Å². The third-order valence-electron chi connectivity index (χ3n) is 4.68. The number of hydrogen-bond donors (Lipinski definition) is 1. The molecule has 1 fully saturated rings. The van der Waals surface area contributed by atoms with E-state index in [4.69, 9.17) is 9.84 Å². The highest BCUT2D eigenvalue weighted by Gasteiger charge is 2.21. The Balaban J connectivity index is 1.72. The first-order chi connectivity index (χ1) is 13.2. The first-order valence-corrected chi connectivity index (χ1v) is 10.8. The van der Waals surface area contributed by atoms with E-state index in [1.165, 1.54) is 27.7 Å². The lowest BCUT2D eigenvalue weighted by Gasteiger charge is -2.18. The molecule has 1 atom stereocenters. The lowest BCUT2D eigenvalue weighted by atomic mass is 10.1. The maximum Gasteiger partial charge on any atom is 0.407 e. The second kappa shape index (κ2) is 8.05. The number of hydrogen-bond acceptors (Lipinski definition) is 5. The summed E-state index contributed by atoms with van der Waals surface area (Å²) in [5, 5.41) is 9.08. The minimum atomic E-state index is -3.29. The molecule has 0 saturated carbocycles. The molecule has 0 aliphatic carbocycles. The van der Waals surface area contributed by atoms with E-state index in [1.54, 1.807) is 24.4 Å². The third kappa shape index (κ3) is 4.72. The number of ether oxygens (including phenoxy) is 1. The Morgan fingerprint density at radius 3 is 2.46 bits per heavy atom. The molecule has 1 saturated heterocycles. The summed E-state index contributed by atoms with van der Waals surface area (Å²) in [6.45, 7) is 0.893. The number of likely N-dealkylation sites (tertiary alicyclic amines) is 1. The highest BCUT2D eigenvalue weighted by atomic mass is 32.2. The highest BCUT2D eigenvalue weighted by Crippen LogP contribution is 2.19. The van der Waals surface area contributed by atoms with Crippen LogP contribution in [0.15, 0.2) is 52.3 Å². The largest absolute Gasteiger partial charge is 0.490 e. The van der Waals surface area contributed by atoms with Crippen LogP contribution in [0.4, 0.5) is 4.79 Å². The van der Waals surface area contributed by atoms with Gasteiger partial charge in [-0.25, -0.2) is 13.2 Å². The van der Waals surface area contributed by atoms with Gasteiger partial charge in [0.05, 0.1) is 4.90 Å². The minimum Gasteiger partial charge on any atom is -0.490 e. The summed E-state index contributed by atoms with van der Waals surface area (Å²) in [6.07, 6.45) is 3.64. The number of carboxylic acid groups (broad SMARTS) is 1. The van der Waals surface area contributed by atoms with Gasteiger partial charge in [0.1, 0.15) is 11.9 Å². The van der Waals surface area contributed by atoms with Crippen molar-refractivity contribution in [1.82, 2.24) is 9.47 Å². The van der Waals surface area contributed by atoms with Gasteiger partial charge in [-0.05, 0) is 43.2 Å². The zero-order chi connectivity index (χ0) is 20.3. The van der Waals surface area contributed by atoms with Crippen molar-refractivity contribution in [3.05, 3.63) is 52.9 Å². The number of aromatic nitrogens is 1. The fourth-order valence-electron chi connectivity index (χ4n) is 3.17. The number of nitrogens with zero attached hydrogens (tertiary/aromatic N) is 2.